The second-order valence-corrected chi connectivity index (χ2v) is 12.4. The normalized spacial score (nSPS) is 16.1. The van der Waals surface area contributed by atoms with Crippen molar-refractivity contribution in [2.24, 2.45) is 0 Å². The predicted molar refractivity (Wildman–Crippen MR) is 171 cm³/mol. The van der Waals surface area contributed by atoms with Crippen LogP contribution in [0.5, 0.6) is 11.5 Å². The number of amides is 1. The third-order valence-electron chi connectivity index (χ3n) is 6.50. The third-order valence-corrected chi connectivity index (χ3v) is 9.19. The summed E-state index contributed by atoms with van der Waals surface area (Å²) in [5.41, 5.74) is 1.76. The predicted octanol–water partition coefficient (Wildman–Crippen LogP) is 7.95. The molecule has 0 bridgehead atoms. The van der Waals surface area contributed by atoms with Gasteiger partial charge in [-0.1, -0.05) is 71.4 Å². The van der Waals surface area contributed by atoms with Crippen LogP contribution in [0, 0.1) is 0 Å². The first-order valence-electron chi connectivity index (χ1n) is 13.5. The van der Waals surface area contributed by atoms with E-state index in [-0.39, 0.29) is 16.5 Å². The van der Waals surface area contributed by atoms with Crippen molar-refractivity contribution in [1.82, 2.24) is 10.2 Å². The summed E-state index contributed by atoms with van der Waals surface area (Å²) < 4.78 is 11.9. The Kier molecular flexibility index (Phi) is 9.92. The molecule has 43 heavy (non-hydrogen) atoms. The fourth-order valence-electron chi connectivity index (χ4n) is 4.51. The van der Waals surface area contributed by atoms with Crippen molar-refractivity contribution in [2.45, 2.75) is 36.4 Å². The van der Waals surface area contributed by atoms with Crippen molar-refractivity contribution in [3.8, 4) is 11.5 Å². The minimum Gasteiger partial charge on any atom is -0.507 e. The molecule has 1 aliphatic heterocycles. The molecule has 1 unspecified atom stereocenters. The molecular formula is C31H27Cl2N3O5S2. The first-order valence-corrected chi connectivity index (χ1v) is 16.0. The van der Waals surface area contributed by atoms with Crippen molar-refractivity contribution < 1.29 is 24.2 Å². The van der Waals surface area contributed by atoms with Crippen LogP contribution in [-0.2, 0) is 15.3 Å². The number of aromatic nitrogens is 2. The molecule has 0 spiro atoms. The molecule has 222 valence electrons. The number of anilines is 1. The number of aliphatic hydroxyl groups excluding tert-OH is 1. The highest BCUT2D eigenvalue weighted by atomic mass is 35.5. The molecule has 1 atom stereocenters. The molecule has 5 rings (SSSR count). The molecule has 1 aromatic heterocycles. The number of halogens is 2. The molecule has 4 aromatic rings. The lowest BCUT2D eigenvalue weighted by Crippen LogP contribution is -2.29. The summed E-state index contributed by atoms with van der Waals surface area (Å²) in [5.74, 6) is -0.236. The summed E-state index contributed by atoms with van der Waals surface area (Å²) in [5, 5.41) is 21.3. The summed E-state index contributed by atoms with van der Waals surface area (Å²) in [4.78, 5) is 28.4. The number of ketones is 1. The second-order valence-electron chi connectivity index (χ2n) is 9.42. The van der Waals surface area contributed by atoms with E-state index >= 15 is 0 Å². The molecule has 12 heteroatoms. The Morgan fingerprint density at radius 1 is 1.00 bits per heavy atom. The first-order chi connectivity index (χ1) is 20.8. The van der Waals surface area contributed by atoms with E-state index in [2.05, 4.69) is 10.2 Å². The highest BCUT2D eigenvalue weighted by molar-refractivity contribution is 8.00. The van der Waals surface area contributed by atoms with Gasteiger partial charge < -0.3 is 14.6 Å². The molecule has 1 aliphatic rings. The van der Waals surface area contributed by atoms with Gasteiger partial charge in [-0.05, 0) is 73.0 Å². The maximum absolute atomic E-state index is 13.6. The number of carbonyl (C=O) groups is 2. The molecule has 1 amide bonds. The Labute approximate surface area is 267 Å². The molecule has 1 saturated heterocycles. The summed E-state index contributed by atoms with van der Waals surface area (Å²) in [6.07, 6.45) is 0.854. The van der Waals surface area contributed by atoms with Crippen molar-refractivity contribution >= 4 is 68.9 Å². The monoisotopic (exact) mass is 655 g/mol. The number of hydrogen-bond acceptors (Lipinski definition) is 9. The van der Waals surface area contributed by atoms with Crippen LogP contribution in [0.3, 0.4) is 0 Å². The summed E-state index contributed by atoms with van der Waals surface area (Å²) in [6, 6.07) is 18.1. The zero-order valence-electron chi connectivity index (χ0n) is 23.3. The third kappa shape index (κ3) is 6.83. The van der Waals surface area contributed by atoms with E-state index in [0.717, 1.165) is 12.0 Å². The Morgan fingerprint density at radius 3 is 2.51 bits per heavy atom. The minimum atomic E-state index is -0.965. The number of aliphatic hydroxyl groups is 1. The van der Waals surface area contributed by atoms with Gasteiger partial charge in [0.05, 0.1) is 24.8 Å². The molecule has 3 aromatic carbocycles. The lowest BCUT2D eigenvalue weighted by atomic mass is 9.95. The molecule has 1 fully saturated rings. The quantitative estimate of drug-likeness (QED) is 0.0571. The fourth-order valence-corrected chi connectivity index (χ4v) is 6.93. The van der Waals surface area contributed by atoms with Crippen LogP contribution in [0.4, 0.5) is 5.13 Å². The van der Waals surface area contributed by atoms with Gasteiger partial charge >= 0.3 is 5.91 Å². The smallest absolute Gasteiger partial charge is 0.301 e. The summed E-state index contributed by atoms with van der Waals surface area (Å²) >= 11 is 14.9. The molecule has 1 N–H and O–H groups in total. The zero-order chi connectivity index (χ0) is 30.5. The average Bonchev–Trinajstić information content (AvgIpc) is 3.57. The Bertz CT molecular complexity index is 1680. The van der Waals surface area contributed by atoms with Gasteiger partial charge in [0.15, 0.2) is 4.34 Å². The molecule has 0 aliphatic carbocycles. The van der Waals surface area contributed by atoms with E-state index in [1.807, 2.05) is 19.9 Å². The minimum absolute atomic E-state index is 0.0572. The number of Topliss-reactive ketones (excluding diaryl/α,β-unsaturated/α-hetero) is 1. The van der Waals surface area contributed by atoms with Gasteiger partial charge in [-0.15, -0.1) is 10.2 Å². The van der Waals surface area contributed by atoms with Crippen molar-refractivity contribution in [2.75, 3.05) is 18.1 Å². The highest BCUT2D eigenvalue weighted by Crippen LogP contribution is 2.45. The van der Waals surface area contributed by atoms with Crippen molar-refractivity contribution in [3.05, 3.63) is 99.0 Å². The standard InChI is InChI=1S/C31H27Cl2N3O5S2/c1-3-14-41-22-12-9-18(10-13-22)27(37)25-26(19-6-5-7-23(15-19)40-4-2)36(29(39)28(25)38)30-34-35-31(43-30)42-17-20-8-11-21(32)16-24(20)33/h5-13,15-16,26,37H,3-4,14,17H2,1-2H3. The average molecular weight is 657 g/mol. The summed E-state index contributed by atoms with van der Waals surface area (Å²) in [7, 11) is 0. The topological polar surface area (TPSA) is 102 Å². The number of carbonyl (C=O) groups excluding carboxylic acids is 2. The number of thioether (sulfide) groups is 1. The van der Waals surface area contributed by atoms with Gasteiger partial charge in [0.25, 0.3) is 5.78 Å². The van der Waals surface area contributed by atoms with Crippen LogP contribution in [0.25, 0.3) is 5.76 Å². The Morgan fingerprint density at radius 2 is 1.79 bits per heavy atom. The highest BCUT2D eigenvalue weighted by Gasteiger charge is 2.48. The SMILES string of the molecule is CCCOc1ccc(C(O)=C2C(=O)C(=O)N(c3nnc(SCc4ccc(Cl)cc4Cl)s3)C2c2cccc(OCC)c2)cc1. The van der Waals surface area contributed by atoms with Gasteiger partial charge in [0.1, 0.15) is 17.3 Å². The number of nitrogens with zero attached hydrogens (tertiary/aromatic N) is 3. The molecule has 8 nitrogen and oxygen atoms in total. The van der Waals surface area contributed by atoms with Crippen LogP contribution in [0.2, 0.25) is 10.0 Å². The van der Waals surface area contributed by atoms with Gasteiger partial charge in [-0.25, -0.2) is 0 Å². The number of benzene rings is 3. The Balaban J connectivity index is 1.52. The van der Waals surface area contributed by atoms with Crippen molar-refractivity contribution in [1.29, 1.82) is 0 Å². The lowest BCUT2D eigenvalue weighted by molar-refractivity contribution is -0.132. The molecule has 0 radical (unpaired) electrons. The molecule has 0 saturated carbocycles. The fraction of sp³-hybridized carbons (Fsp3) is 0.226. The molecular weight excluding hydrogens is 629 g/mol. The maximum Gasteiger partial charge on any atom is 0.301 e. The van der Waals surface area contributed by atoms with E-state index in [9.17, 15) is 14.7 Å². The number of rotatable bonds is 11. The maximum atomic E-state index is 13.6. The van der Waals surface area contributed by atoms with Crippen LogP contribution >= 0.6 is 46.3 Å². The van der Waals surface area contributed by atoms with E-state index in [1.165, 1.54) is 28.0 Å². The van der Waals surface area contributed by atoms with E-state index in [0.29, 0.717) is 56.0 Å². The first kappa shape index (κ1) is 30.9. The van der Waals surface area contributed by atoms with E-state index < -0.39 is 17.7 Å². The number of ether oxygens (including phenoxy) is 2. The van der Waals surface area contributed by atoms with Crippen LogP contribution in [-0.4, -0.2) is 40.2 Å². The molecule has 2 heterocycles. The number of hydrogen-bond donors (Lipinski definition) is 1. The zero-order valence-corrected chi connectivity index (χ0v) is 26.4. The van der Waals surface area contributed by atoms with Crippen LogP contribution < -0.4 is 14.4 Å². The van der Waals surface area contributed by atoms with Gasteiger partial charge in [0.2, 0.25) is 5.13 Å². The van der Waals surface area contributed by atoms with Crippen LogP contribution in [0.1, 0.15) is 43.0 Å². The van der Waals surface area contributed by atoms with Gasteiger partial charge in [0, 0.05) is 21.4 Å². The van der Waals surface area contributed by atoms with Gasteiger partial charge in [-0.3, -0.25) is 14.5 Å². The second kappa shape index (κ2) is 13.8. The van der Waals surface area contributed by atoms with Crippen LogP contribution in [0.15, 0.2) is 76.6 Å². The Hall–Kier alpha value is -3.57. The van der Waals surface area contributed by atoms with Gasteiger partial charge in [-0.2, -0.15) is 0 Å². The summed E-state index contributed by atoms with van der Waals surface area (Å²) in [6.45, 7) is 4.87. The van der Waals surface area contributed by atoms with E-state index in [1.54, 1.807) is 60.7 Å². The largest absolute Gasteiger partial charge is 0.507 e. The van der Waals surface area contributed by atoms with E-state index in [4.69, 9.17) is 32.7 Å². The van der Waals surface area contributed by atoms with Crippen molar-refractivity contribution in [3.63, 3.8) is 0 Å². The lowest BCUT2D eigenvalue weighted by Gasteiger charge is -2.23.